The van der Waals surface area contributed by atoms with Crippen molar-refractivity contribution in [2.24, 2.45) is 0 Å². The van der Waals surface area contributed by atoms with Crippen LogP contribution in [-0.4, -0.2) is 29.5 Å². The average molecular weight is 361 g/mol. The average Bonchev–Trinajstić information content (AvgIpc) is 2.92. The molecular weight excluding hydrogens is 336 g/mol. The molecule has 2 heterocycles. The smallest absolute Gasteiger partial charge is 0.387 e. The molecule has 4 nitrogen and oxygen atoms in total. The molecule has 0 aliphatic carbocycles. The van der Waals surface area contributed by atoms with Gasteiger partial charge in [0.15, 0.2) is 5.82 Å². The van der Waals surface area contributed by atoms with Gasteiger partial charge in [0.2, 0.25) is 0 Å². The predicted molar refractivity (Wildman–Crippen MR) is 99.5 cm³/mol. The van der Waals surface area contributed by atoms with E-state index in [-0.39, 0.29) is 11.7 Å². The number of hydrogen-bond donors (Lipinski definition) is 0. The third kappa shape index (κ3) is 4.23. The number of alkyl halides is 2. The number of hydrogen-bond acceptors (Lipinski definition) is 3. The van der Waals surface area contributed by atoms with Crippen LogP contribution in [0.25, 0.3) is 5.69 Å². The normalized spacial score (nSPS) is 15.6. The molecular formula is C20H25F2N3O. The summed E-state index contributed by atoms with van der Waals surface area (Å²) in [7, 11) is 0. The van der Waals surface area contributed by atoms with Crippen LogP contribution in [0.3, 0.4) is 0 Å². The molecule has 0 spiro atoms. The third-order valence-corrected chi connectivity index (χ3v) is 4.64. The zero-order chi connectivity index (χ0) is 18.7. The maximum Gasteiger partial charge on any atom is 0.387 e. The van der Waals surface area contributed by atoms with E-state index in [2.05, 4.69) is 36.1 Å². The van der Waals surface area contributed by atoms with Crippen LogP contribution in [0.2, 0.25) is 0 Å². The van der Waals surface area contributed by atoms with Crippen molar-refractivity contribution in [2.75, 3.05) is 18.0 Å². The molecule has 1 aliphatic heterocycles. The van der Waals surface area contributed by atoms with Gasteiger partial charge in [-0.2, -0.15) is 13.9 Å². The first-order valence-corrected chi connectivity index (χ1v) is 9.01. The van der Waals surface area contributed by atoms with E-state index in [0.29, 0.717) is 0 Å². The fraction of sp³-hybridized carbons (Fsp3) is 0.450. The van der Waals surface area contributed by atoms with Crippen molar-refractivity contribution in [3.8, 4) is 11.4 Å². The molecule has 0 saturated carbocycles. The van der Waals surface area contributed by atoms with Crippen LogP contribution in [0.15, 0.2) is 42.5 Å². The Hall–Kier alpha value is -2.37. The van der Waals surface area contributed by atoms with Crippen molar-refractivity contribution in [2.45, 2.75) is 45.6 Å². The van der Waals surface area contributed by atoms with E-state index < -0.39 is 6.61 Å². The molecule has 1 aromatic carbocycles. The molecule has 3 rings (SSSR count). The lowest BCUT2D eigenvalue weighted by molar-refractivity contribution is -0.0498. The van der Waals surface area contributed by atoms with Gasteiger partial charge in [-0.3, -0.25) is 0 Å². The van der Waals surface area contributed by atoms with Crippen molar-refractivity contribution in [3.63, 3.8) is 0 Å². The monoisotopic (exact) mass is 361 g/mol. The van der Waals surface area contributed by atoms with Gasteiger partial charge in [0.05, 0.1) is 5.69 Å². The summed E-state index contributed by atoms with van der Waals surface area (Å²) in [4.78, 5) is 2.30. The van der Waals surface area contributed by atoms with Crippen LogP contribution >= 0.6 is 0 Å². The Labute approximate surface area is 153 Å². The largest absolute Gasteiger partial charge is 0.435 e. The van der Waals surface area contributed by atoms with Gasteiger partial charge in [0, 0.05) is 24.8 Å². The summed E-state index contributed by atoms with van der Waals surface area (Å²) < 4.78 is 31.0. The van der Waals surface area contributed by atoms with E-state index >= 15 is 0 Å². The highest BCUT2D eigenvalue weighted by Gasteiger charge is 2.19. The van der Waals surface area contributed by atoms with Gasteiger partial charge in [-0.05, 0) is 49.4 Å². The van der Waals surface area contributed by atoms with Crippen LogP contribution in [0.1, 0.15) is 44.7 Å². The molecule has 1 saturated heterocycles. The first kappa shape index (κ1) is 18.4. The lowest BCUT2D eigenvalue weighted by Crippen LogP contribution is -2.24. The molecule has 0 N–H and O–H groups in total. The molecule has 1 aromatic heterocycles. The zero-order valence-electron chi connectivity index (χ0n) is 15.3. The minimum atomic E-state index is -2.82. The molecule has 6 heteroatoms. The Morgan fingerprint density at radius 1 is 1.12 bits per heavy atom. The maximum absolute atomic E-state index is 12.3. The van der Waals surface area contributed by atoms with Gasteiger partial charge in [-0.1, -0.05) is 26.0 Å². The highest BCUT2D eigenvalue weighted by molar-refractivity contribution is 5.46. The summed E-state index contributed by atoms with van der Waals surface area (Å²) in [6, 6.07) is 8.73. The molecule has 0 bridgehead atoms. The number of ether oxygens (including phenoxy) is 1. The van der Waals surface area contributed by atoms with E-state index in [1.165, 1.54) is 5.57 Å². The zero-order valence-corrected chi connectivity index (χ0v) is 15.3. The van der Waals surface area contributed by atoms with Crippen molar-refractivity contribution >= 4 is 5.82 Å². The second-order valence-corrected chi connectivity index (χ2v) is 6.96. The molecule has 0 radical (unpaired) electrons. The first-order chi connectivity index (χ1) is 12.4. The topological polar surface area (TPSA) is 30.3 Å². The van der Waals surface area contributed by atoms with Gasteiger partial charge in [-0.25, -0.2) is 4.68 Å². The Balaban J connectivity index is 1.88. The van der Waals surface area contributed by atoms with Crippen LogP contribution in [0.4, 0.5) is 14.6 Å². The van der Waals surface area contributed by atoms with Crippen molar-refractivity contribution in [1.29, 1.82) is 0 Å². The molecule has 140 valence electrons. The number of benzene rings is 1. The second kappa shape index (κ2) is 7.89. The lowest BCUT2D eigenvalue weighted by atomic mass is 10.1. The Morgan fingerprint density at radius 3 is 2.50 bits per heavy atom. The predicted octanol–water partition coefficient (Wildman–Crippen LogP) is 5.14. The Morgan fingerprint density at radius 2 is 1.85 bits per heavy atom. The molecule has 0 amide bonds. The van der Waals surface area contributed by atoms with Crippen molar-refractivity contribution < 1.29 is 13.5 Å². The summed E-state index contributed by atoms with van der Waals surface area (Å²) in [6.07, 6.45) is 3.14. The van der Waals surface area contributed by atoms with Crippen LogP contribution in [0.5, 0.6) is 5.75 Å². The van der Waals surface area contributed by atoms with Gasteiger partial charge < -0.3 is 9.64 Å². The van der Waals surface area contributed by atoms with Gasteiger partial charge >= 0.3 is 6.61 Å². The first-order valence-electron chi connectivity index (χ1n) is 9.01. The fourth-order valence-electron chi connectivity index (χ4n) is 3.20. The van der Waals surface area contributed by atoms with Crippen LogP contribution in [0, 0.1) is 0 Å². The molecule has 26 heavy (non-hydrogen) atoms. The Kier molecular flexibility index (Phi) is 5.59. The number of halogens is 2. The second-order valence-electron chi connectivity index (χ2n) is 6.96. The van der Waals surface area contributed by atoms with E-state index in [0.717, 1.165) is 49.6 Å². The SMILES string of the molecule is C=C1CCCN(c2cc(C(C)C)n(-c3ccc(OC(F)F)cc3)n2)CC1. The fourth-order valence-corrected chi connectivity index (χ4v) is 3.20. The van der Waals surface area contributed by atoms with E-state index in [1.54, 1.807) is 24.3 Å². The number of anilines is 1. The van der Waals surface area contributed by atoms with Crippen molar-refractivity contribution in [3.05, 3.63) is 48.2 Å². The summed E-state index contributed by atoms with van der Waals surface area (Å²) in [5.41, 5.74) is 3.22. The third-order valence-electron chi connectivity index (χ3n) is 4.64. The number of nitrogens with zero attached hydrogens (tertiary/aromatic N) is 3. The molecule has 0 unspecified atom stereocenters. The molecule has 2 aromatic rings. The highest BCUT2D eigenvalue weighted by Crippen LogP contribution is 2.28. The highest BCUT2D eigenvalue weighted by atomic mass is 19.3. The van der Waals surface area contributed by atoms with Gasteiger partial charge in [-0.15, -0.1) is 0 Å². The van der Waals surface area contributed by atoms with Gasteiger partial charge in [0.1, 0.15) is 5.75 Å². The summed E-state index contributed by atoms with van der Waals surface area (Å²) in [5, 5.41) is 4.81. The Bertz CT molecular complexity index is 753. The van der Waals surface area contributed by atoms with Crippen molar-refractivity contribution in [1.82, 2.24) is 9.78 Å². The number of rotatable bonds is 5. The van der Waals surface area contributed by atoms with Crippen LogP contribution in [-0.2, 0) is 0 Å². The minimum absolute atomic E-state index is 0.147. The quantitative estimate of drug-likeness (QED) is 0.691. The van der Waals surface area contributed by atoms with Gasteiger partial charge in [0.25, 0.3) is 0 Å². The molecule has 0 atom stereocenters. The summed E-state index contributed by atoms with van der Waals surface area (Å²) in [6.45, 7) is 7.43. The minimum Gasteiger partial charge on any atom is -0.435 e. The maximum atomic E-state index is 12.3. The molecule has 1 fully saturated rings. The number of aromatic nitrogens is 2. The standard InChI is InChI=1S/C20H25F2N3O/c1-14(2)18-13-19(24-11-4-5-15(3)10-12-24)23-25(18)16-6-8-17(9-7-16)26-20(21)22/h6-9,13-14,20H,3-5,10-12H2,1-2H3. The summed E-state index contributed by atoms with van der Waals surface area (Å²) in [5.74, 6) is 1.39. The molecule has 1 aliphatic rings. The van der Waals surface area contributed by atoms with E-state index in [9.17, 15) is 8.78 Å². The van der Waals surface area contributed by atoms with Crippen LogP contribution < -0.4 is 9.64 Å². The van der Waals surface area contributed by atoms with E-state index in [1.807, 2.05) is 4.68 Å². The lowest BCUT2D eigenvalue weighted by Gasteiger charge is -2.19. The van der Waals surface area contributed by atoms with E-state index in [4.69, 9.17) is 5.10 Å². The summed E-state index contributed by atoms with van der Waals surface area (Å²) >= 11 is 0.